The molecule has 0 spiro atoms. The van der Waals surface area contributed by atoms with Crippen LogP contribution in [-0.4, -0.2) is 11.9 Å². The molecule has 0 unspecified atom stereocenters. The van der Waals surface area contributed by atoms with Crippen LogP contribution in [0.1, 0.15) is 27.0 Å². The fourth-order valence-electron chi connectivity index (χ4n) is 2.88. The molecule has 0 aliphatic rings. The Morgan fingerprint density at radius 2 is 1.58 bits per heavy atom. The molecule has 0 bridgehead atoms. The molecule has 3 amide bonds. The van der Waals surface area contributed by atoms with Gasteiger partial charge in [-0.05, 0) is 60.5 Å². The molecule has 0 atom stereocenters. The minimum absolute atomic E-state index is 0.0228. The van der Waals surface area contributed by atoms with Crippen molar-refractivity contribution >= 4 is 17.6 Å². The van der Waals surface area contributed by atoms with E-state index in [1.165, 1.54) is 30.3 Å². The van der Waals surface area contributed by atoms with E-state index in [-0.39, 0.29) is 12.3 Å². The minimum Gasteiger partial charge on any atom is -0.489 e. The lowest BCUT2D eigenvalue weighted by Gasteiger charge is -2.13. The molecule has 0 radical (unpaired) electrons. The van der Waals surface area contributed by atoms with Crippen molar-refractivity contribution in [3.05, 3.63) is 94.6 Å². The van der Waals surface area contributed by atoms with Crippen molar-refractivity contribution < 1.29 is 36.3 Å². The zero-order chi connectivity index (χ0) is 24.2. The highest BCUT2D eigenvalue weighted by Crippen LogP contribution is 2.29. The van der Waals surface area contributed by atoms with Gasteiger partial charge in [-0.25, -0.2) is 13.6 Å². The quantitative estimate of drug-likeness (QED) is 0.467. The first-order valence-corrected chi connectivity index (χ1v) is 9.50. The Kier molecular flexibility index (Phi) is 6.95. The largest absolute Gasteiger partial charge is 0.489 e. The minimum atomic E-state index is -4.42. The van der Waals surface area contributed by atoms with Crippen LogP contribution in [0.5, 0.6) is 5.75 Å². The van der Waals surface area contributed by atoms with Crippen LogP contribution >= 0.6 is 0 Å². The lowest BCUT2D eigenvalue weighted by Crippen LogP contribution is -2.35. The first-order valence-electron chi connectivity index (χ1n) is 9.50. The van der Waals surface area contributed by atoms with E-state index >= 15 is 0 Å². The predicted octanol–water partition coefficient (Wildman–Crippen LogP) is 5.83. The summed E-state index contributed by atoms with van der Waals surface area (Å²) in [6.07, 6.45) is -4.42. The van der Waals surface area contributed by atoms with E-state index in [1.807, 2.05) is 5.32 Å². The number of amides is 3. The van der Waals surface area contributed by atoms with Gasteiger partial charge in [0, 0.05) is 5.69 Å². The number of urea groups is 1. The van der Waals surface area contributed by atoms with Crippen LogP contribution in [0.2, 0.25) is 0 Å². The van der Waals surface area contributed by atoms with Gasteiger partial charge in [-0.3, -0.25) is 10.1 Å². The van der Waals surface area contributed by atoms with Crippen molar-refractivity contribution in [2.24, 2.45) is 0 Å². The van der Waals surface area contributed by atoms with Gasteiger partial charge in [0.05, 0.1) is 5.56 Å². The van der Waals surface area contributed by atoms with Crippen LogP contribution < -0.4 is 15.4 Å². The molecule has 0 aliphatic heterocycles. The van der Waals surface area contributed by atoms with E-state index in [1.54, 1.807) is 6.92 Å². The normalized spacial score (nSPS) is 11.1. The molecule has 0 aromatic heterocycles. The van der Waals surface area contributed by atoms with Gasteiger partial charge in [0.2, 0.25) is 0 Å². The molecule has 33 heavy (non-hydrogen) atoms. The maximum Gasteiger partial charge on any atom is 0.416 e. The van der Waals surface area contributed by atoms with Gasteiger partial charge in [-0.15, -0.1) is 0 Å². The standard InChI is InChI=1S/C23H17F5N2O3/c1-13-11-16(29-22(32)30-21(31)20-17(24)3-2-4-18(20)25)9-10-19(13)33-12-14-5-7-15(8-6-14)23(26,27)28/h2-11H,12H2,1H3,(H2,29,30,31,32). The summed E-state index contributed by atoms with van der Waals surface area (Å²) in [5, 5.41) is 4.21. The number of anilines is 1. The average Bonchev–Trinajstić information content (AvgIpc) is 2.72. The average molecular weight is 464 g/mol. The van der Waals surface area contributed by atoms with Crippen LogP contribution in [-0.2, 0) is 12.8 Å². The summed E-state index contributed by atoms with van der Waals surface area (Å²) in [6.45, 7) is 1.69. The summed E-state index contributed by atoms with van der Waals surface area (Å²) >= 11 is 0. The number of ether oxygens (including phenoxy) is 1. The Hall–Kier alpha value is -3.95. The van der Waals surface area contributed by atoms with Gasteiger partial charge in [0.1, 0.15) is 29.6 Å². The van der Waals surface area contributed by atoms with Gasteiger partial charge in [0.25, 0.3) is 5.91 Å². The zero-order valence-corrected chi connectivity index (χ0v) is 17.1. The summed E-state index contributed by atoms with van der Waals surface area (Å²) < 4.78 is 70.8. The van der Waals surface area contributed by atoms with Crippen molar-refractivity contribution in [3.63, 3.8) is 0 Å². The summed E-state index contributed by atoms with van der Waals surface area (Å²) in [5.41, 5.74) is -0.244. The Morgan fingerprint density at radius 3 is 2.15 bits per heavy atom. The van der Waals surface area contributed by atoms with Crippen molar-refractivity contribution in [3.8, 4) is 5.75 Å². The van der Waals surface area contributed by atoms with Crippen molar-refractivity contribution in [1.29, 1.82) is 0 Å². The van der Waals surface area contributed by atoms with Gasteiger partial charge < -0.3 is 10.1 Å². The number of carbonyl (C=O) groups excluding carboxylic acids is 2. The number of benzene rings is 3. The number of rotatable bonds is 5. The second-order valence-corrected chi connectivity index (χ2v) is 6.97. The third-order valence-electron chi connectivity index (χ3n) is 4.53. The number of aryl methyl sites for hydroxylation is 1. The third-order valence-corrected chi connectivity index (χ3v) is 4.53. The molecule has 3 rings (SSSR count). The number of imide groups is 1. The van der Waals surface area contributed by atoms with Crippen LogP contribution in [0.3, 0.4) is 0 Å². The molecular formula is C23H17F5N2O3. The van der Waals surface area contributed by atoms with E-state index in [4.69, 9.17) is 4.74 Å². The number of hydrogen-bond donors (Lipinski definition) is 2. The van der Waals surface area contributed by atoms with Crippen LogP contribution in [0, 0.1) is 18.6 Å². The third kappa shape index (κ3) is 6.06. The highest BCUT2D eigenvalue weighted by Gasteiger charge is 2.29. The number of nitrogens with one attached hydrogen (secondary N) is 2. The van der Waals surface area contributed by atoms with E-state index in [9.17, 15) is 31.5 Å². The number of alkyl halides is 3. The maximum atomic E-state index is 13.6. The molecule has 0 aliphatic carbocycles. The fourth-order valence-corrected chi connectivity index (χ4v) is 2.88. The van der Waals surface area contributed by atoms with E-state index in [0.717, 1.165) is 30.3 Å². The maximum absolute atomic E-state index is 13.6. The Bertz CT molecular complexity index is 1160. The highest BCUT2D eigenvalue weighted by atomic mass is 19.4. The van der Waals surface area contributed by atoms with Gasteiger partial charge in [0.15, 0.2) is 0 Å². The Balaban J connectivity index is 1.59. The molecule has 5 nitrogen and oxygen atoms in total. The first-order chi connectivity index (χ1) is 15.5. The van der Waals surface area contributed by atoms with Gasteiger partial charge >= 0.3 is 12.2 Å². The second kappa shape index (κ2) is 9.68. The summed E-state index contributed by atoms with van der Waals surface area (Å²) in [4.78, 5) is 24.0. The van der Waals surface area contributed by atoms with Gasteiger partial charge in [-0.1, -0.05) is 18.2 Å². The van der Waals surface area contributed by atoms with E-state index in [2.05, 4.69) is 5.32 Å². The second-order valence-electron chi connectivity index (χ2n) is 6.97. The zero-order valence-electron chi connectivity index (χ0n) is 17.1. The topological polar surface area (TPSA) is 67.4 Å². The molecule has 0 saturated heterocycles. The monoisotopic (exact) mass is 464 g/mol. The number of carbonyl (C=O) groups is 2. The lowest BCUT2D eigenvalue weighted by molar-refractivity contribution is -0.137. The molecular weight excluding hydrogens is 447 g/mol. The molecule has 0 heterocycles. The number of hydrogen-bond acceptors (Lipinski definition) is 3. The molecule has 2 N–H and O–H groups in total. The first kappa shape index (κ1) is 23.7. The molecule has 0 fully saturated rings. The predicted molar refractivity (Wildman–Crippen MR) is 110 cm³/mol. The summed E-state index contributed by atoms with van der Waals surface area (Å²) in [6, 6.07) is 10.9. The van der Waals surface area contributed by atoms with Crippen LogP contribution in [0.4, 0.5) is 32.4 Å². The summed E-state index contributed by atoms with van der Waals surface area (Å²) in [5.74, 6) is -3.03. The molecule has 3 aromatic carbocycles. The van der Waals surface area contributed by atoms with Crippen molar-refractivity contribution in [2.45, 2.75) is 19.7 Å². The highest BCUT2D eigenvalue weighted by molar-refractivity contribution is 6.08. The van der Waals surface area contributed by atoms with Crippen LogP contribution in [0.25, 0.3) is 0 Å². The summed E-state index contributed by atoms with van der Waals surface area (Å²) in [7, 11) is 0. The van der Waals surface area contributed by atoms with Gasteiger partial charge in [-0.2, -0.15) is 13.2 Å². The lowest BCUT2D eigenvalue weighted by atomic mass is 10.1. The van der Waals surface area contributed by atoms with E-state index < -0.39 is 40.9 Å². The van der Waals surface area contributed by atoms with Crippen molar-refractivity contribution in [1.82, 2.24) is 5.32 Å². The fraction of sp³-hybridized carbons (Fsp3) is 0.130. The molecule has 0 saturated carbocycles. The Labute approximate surface area is 185 Å². The molecule has 172 valence electrons. The Morgan fingerprint density at radius 1 is 0.939 bits per heavy atom. The van der Waals surface area contributed by atoms with Crippen molar-refractivity contribution in [2.75, 3.05) is 5.32 Å². The van der Waals surface area contributed by atoms with E-state index in [0.29, 0.717) is 16.9 Å². The SMILES string of the molecule is Cc1cc(NC(=O)NC(=O)c2c(F)cccc2F)ccc1OCc1ccc(C(F)(F)F)cc1. The molecule has 10 heteroatoms. The molecule has 3 aromatic rings. The van der Waals surface area contributed by atoms with Crippen LogP contribution in [0.15, 0.2) is 60.7 Å². The smallest absolute Gasteiger partial charge is 0.416 e. The number of halogens is 5.